The van der Waals surface area contributed by atoms with Gasteiger partial charge in [0, 0.05) is 39.0 Å². The number of nitrogens with one attached hydrogen (secondary N) is 3. The van der Waals surface area contributed by atoms with Crippen molar-refractivity contribution in [3.8, 4) is 0 Å². The highest BCUT2D eigenvalue weighted by Crippen LogP contribution is 2.13. The molecule has 0 amide bonds. The van der Waals surface area contributed by atoms with Crippen LogP contribution in [0.15, 0.2) is 4.99 Å². The molecule has 2 heterocycles. The third-order valence-corrected chi connectivity index (χ3v) is 4.29. The molecule has 2 rings (SSSR count). The van der Waals surface area contributed by atoms with Crippen LogP contribution in [0.1, 0.15) is 25.0 Å². The highest BCUT2D eigenvalue weighted by Gasteiger charge is 2.21. The highest BCUT2D eigenvalue weighted by atomic mass is 127. The normalized spacial score (nSPS) is 17.8. The van der Waals surface area contributed by atoms with Crippen LogP contribution < -0.4 is 15.4 Å². The van der Waals surface area contributed by atoms with Gasteiger partial charge >= 0.3 is 0 Å². The Hall–Kier alpha value is -0.950. The highest BCUT2D eigenvalue weighted by molar-refractivity contribution is 14.0. The molecule has 0 saturated heterocycles. The van der Waals surface area contributed by atoms with Crippen LogP contribution in [-0.2, 0) is 29.4 Å². The fourth-order valence-electron chi connectivity index (χ4n) is 2.43. The molecule has 0 spiro atoms. The van der Waals surface area contributed by atoms with Gasteiger partial charge in [-0.05, 0) is 6.42 Å². The SMILES string of the molecule is CCc1nc2n(n1)CC(NC(=NC)NCCNS(C)(=O)=O)CC2.I. The fourth-order valence-corrected chi connectivity index (χ4v) is 2.91. The molecular formula is C13H26IN7O2S. The summed E-state index contributed by atoms with van der Waals surface area (Å²) in [5.41, 5.74) is 0. The second kappa shape index (κ2) is 9.51. The molecule has 0 saturated carbocycles. The maximum absolute atomic E-state index is 11.0. The van der Waals surface area contributed by atoms with E-state index in [0.29, 0.717) is 19.0 Å². The van der Waals surface area contributed by atoms with Crippen molar-refractivity contribution < 1.29 is 8.42 Å². The van der Waals surface area contributed by atoms with E-state index >= 15 is 0 Å². The summed E-state index contributed by atoms with van der Waals surface area (Å²) >= 11 is 0. The molecule has 1 aromatic heterocycles. The van der Waals surface area contributed by atoms with E-state index in [1.165, 1.54) is 0 Å². The van der Waals surface area contributed by atoms with Crippen molar-refractivity contribution in [1.29, 1.82) is 0 Å². The van der Waals surface area contributed by atoms with Gasteiger partial charge in [0.25, 0.3) is 0 Å². The van der Waals surface area contributed by atoms with Crippen molar-refractivity contribution in [2.75, 3.05) is 26.4 Å². The molecule has 0 bridgehead atoms. The lowest BCUT2D eigenvalue weighted by Gasteiger charge is -2.25. The summed E-state index contributed by atoms with van der Waals surface area (Å²) in [4.78, 5) is 8.67. The van der Waals surface area contributed by atoms with Crippen molar-refractivity contribution in [3.05, 3.63) is 11.6 Å². The van der Waals surface area contributed by atoms with E-state index in [2.05, 4.69) is 30.4 Å². The van der Waals surface area contributed by atoms with E-state index < -0.39 is 10.0 Å². The summed E-state index contributed by atoms with van der Waals surface area (Å²) in [7, 11) is -1.47. The average Bonchev–Trinajstić information content (AvgIpc) is 2.91. The molecule has 0 aliphatic carbocycles. The van der Waals surface area contributed by atoms with Crippen molar-refractivity contribution in [2.45, 2.75) is 38.8 Å². The van der Waals surface area contributed by atoms with Gasteiger partial charge in [-0.2, -0.15) is 5.10 Å². The fraction of sp³-hybridized carbons (Fsp3) is 0.769. The minimum atomic E-state index is -3.16. The minimum Gasteiger partial charge on any atom is -0.355 e. The molecule has 0 aromatic carbocycles. The Bertz CT molecular complexity index is 659. The average molecular weight is 471 g/mol. The molecule has 0 fully saturated rings. The molecule has 3 N–H and O–H groups in total. The first-order valence-electron chi connectivity index (χ1n) is 7.75. The van der Waals surface area contributed by atoms with Crippen LogP contribution >= 0.6 is 24.0 Å². The van der Waals surface area contributed by atoms with Gasteiger partial charge in [-0.1, -0.05) is 6.92 Å². The van der Waals surface area contributed by atoms with Crippen molar-refractivity contribution in [2.24, 2.45) is 4.99 Å². The van der Waals surface area contributed by atoms with Crippen LogP contribution in [-0.4, -0.2) is 61.6 Å². The summed E-state index contributed by atoms with van der Waals surface area (Å²) in [5.74, 6) is 2.58. The predicted molar refractivity (Wildman–Crippen MR) is 104 cm³/mol. The number of aryl methyl sites for hydroxylation is 2. The van der Waals surface area contributed by atoms with Crippen LogP contribution in [0.4, 0.5) is 0 Å². The van der Waals surface area contributed by atoms with E-state index in [-0.39, 0.29) is 30.0 Å². The lowest BCUT2D eigenvalue weighted by atomic mass is 10.1. The summed E-state index contributed by atoms with van der Waals surface area (Å²) in [6.45, 7) is 3.59. The standard InChI is InChI=1S/C13H25N7O2S.HI/c1-4-11-18-12-6-5-10(9-20(12)19-11)17-13(14-2)15-7-8-16-23(3,21)22;/h10,16H,4-9H2,1-3H3,(H2,14,15,17);1H. The van der Waals surface area contributed by atoms with Gasteiger partial charge in [0.15, 0.2) is 11.8 Å². The van der Waals surface area contributed by atoms with Gasteiger partial charge < -0.3 is 10.6 Å². The molecule has 24 heavy (non-hydrogen) atoms. The van der Waals surface area contributed by atoms with Gasteiger partial charge in [-0.3, -0.25) is 4.99 Å². The number of nitrogens with zero attached hydrogens (tertiary/aromatic N) is 4. The third kappa shape index (κ3) is 6.51. The van der Waals surface area contributed by atoms with E-state index in [4.69, 9.17) is 0 Å². The largest absolute Gasteiger partial charge is 0.355 e. The minimum absolute atomic E-state index is 0. The Morgan fingerprint density at radius 1 is 1.42 bits per heavy atom. The van der Waals surface area contributed by atoms with E-state index in [9.17, 15) is 8.42 Å². The monoisotopic (exact) mass is 471 g/mol. The number of hydrogen-bond donors (Lipinski definition) is 3. The summed E-state index contributed by atoms with van der Waals surface area (Å²) in [5, 5.41) is 10.9. The Labute approximate surface area is 160 Å². The Kier molecular flexibility index (Phi) is 8.36. The zero-order valence-corrected chi connectivity index (χ0v) is 17.4. The molecular weight excluding hydrogens is 445 g/mol. The summed E-state index contributed by atoms with van der Waals surface area (Å²) in [6, 6.07) is 0.225. The van der Waals surface area contributed by atoms with Crippen LogP contribution in [0.3, 0.4) is 0 Å². The van der Waals surface area contributed by atoms with Crippen LogP contribution in [0.25, 0.3) is 0 Å². The van der Waals surface area contributed by atoms with Crippen molar-refractivity contribution in [1.82, 2.24) is 30.1 Å². The van der Waals surface area contributed by atoms with Gasteiger partial charge in [-0.25, -0.2) is 22.8 Å². The second-order valence-corrected chi connectivity index (χ2v) is 7.36. The van der Waals surface area contributed by atoms with Gasteiger partial charge in [0.1, 0.15) is 5.82 Å². The van der Waals surface area contributed by atoms with Crippen molar-refractivity contribution in [3.63, 3.8) is 0 Å². The Morgan fingerprint density at radius 3 is 2.79 bits per heavy atom. The smallest absolute Gasteiger partial charge is 0.208 e. The van der Waals surface area contributed by atoms with Gasteiger partial charge in [-0.15, -0.1) is 24.0 Å². The molecule has 1 aliphatic rings. The van der Waals surface area contributed by atoms with E-state index in [1.54, 1.807) is 7.05 Å². The molecule has 138 valence electrons. The molecule has 1 aliphatic heterocycles. The van der Waals surface area contributed by atoms with E-state index in [1.807, 2.05) is 11.6 Å². The number of hydrogen-bond acceptors (Lipinski definition) is 5. The number of rotatable bonds is 6. The number of halogens is 1. The molecule has 1 aromatic rings. The third-order valence-electron chi connectivity index (χ3n) is 3.56. The van der Waals surface area contributed by atoms with Crippen LogP contribution in [0.5, 0.6) is 0 Å². The number of guanidine groups is 1. The first-order chi connectivity index (χ1) is 10.9. The maximum Gasteiger partial charge on any atom is 0.208 e. The predicted octanol–water partition coefficient (Wildman–Crippen LogP) is -0.512. The number of aromatic nitrogens is 3. The van der Waals surface area contributed by atoms with Crippen molar-refractivity contribution >= 4 is 40.0 Å². The molecule has 1 unspecified atom stereocenters. The summed E-state index contributed by atoms with van der Waals surface area (Å²) in [6.07, 6.45) is 3.83. The number of aliphatic imine (C=N–C) groups is 1. The lowest BCUT2D eigenvalue weighted by Crippen LogP contribution is -2.48. The Balaban J connectivity index is 0.00000288. The van der Waals surface area contributed by atoms with Gasteiger partial charge in [0.05, 0.1) is 12.8 Å². The maximum atomic E-state index is 11.0. The van der Waals surface area contributed by atoms with Crippen LogP contribution in [0.2, 0.25) is 0 Å². The quantitative estimate of drug-likeness (QED) is 0.223. The summed E-state index contributed by atoms with van der Waals surface area (Å²) < 4.78 is 26.4. The van der Waals surface area contributed by atoms with E-state index in [0.717, 1.165) is 43.7 Å². The molecule has 0 radical (unpaired) electrons. The zero-order valence-electron chi connectivity index (χ0n) is 14.2. The first kappa shape index (κ1) is 21.1. The number of fused-ring (bicyclic) bond motifs is 1. The zero-order chi connectivity index (χ0) is 16.9. The molecule has 1 atom stereocenters. The van der Waals surface area contributed by atoms with Gasteiger partial charge in [0.2, 0.25) is 10.0 Å². The molecule has 9 nitrogen and oxygen atoms in total. The topological polar surface area (TPSA) is 113 Å². The Morgan fingerprint density at radius 2 is 2.17 bits per heavy atom. The van der Waals surface area contributed by atoms with Crippen LogP contribution in [0, 0.1) is 0 Å². The first-order valence-corrected chi connectivity index (χ1v) is 9.65. The lowest BCUT2D eigenvalue weighted by molar-refractivity contribution is 0.392. The number of sulfonamides is 1. The molecule has 11 heteroatoms. The second-order valence-electron chi connectivity index (χ2n) is 5.53.